The molecule has 1 aromatic carbocycles. The molecule has 0 fully saturated rings. The maximum atomic E-state index is 12.8. The number of thioether (sulfide) groups is 1. The molecule has 0 aliphatic carbocycles. The highest BCUT2D eigenvalue weighted by molar-refractivity contribution is 7.99. The third kappa shape index (κ3) is 5.31. The summed E-state index contributed by atoms with van der Waals surface area (Å²) in [5.74, 6) is -0.0915. The molecule has 1 heterocycles. The van der Waals surface area contributed by atoms with Crippen molar-refractivity contribution in [2.45, 2.75) is 37.9 Å². The standard InChI is InChI=1S/C15H20FN5OS/c1-15(2,3)21-14(18-19-20-21)23-10-13(22)17-9-8-11-4-6-12(16)7-5-11/h4-7H,8-10H2,1-3H3,(H,17,22). The molecule has 1 amide bonds. The van der Waals surface area contributed by atoms with Gasteiger partial charge in [-0.05, 0) is 55.3 Å². The molecular formula is C15H20FN5OS. The van der Waals surface area contributed by atoms with Gasteiger partial charge in [0.25, 0.3) is 0 Å². The minimum atomic E-state index is -0.259. The molecule has 2 rings (SSSR count). The number of benzene rings is 1. The van der Waals surface area contributed by atoms with Crippen LogP contribution in [0.3, 0.4) is 0 Å². The molecule has 0 unspecified atom stereocenters. The van der Waals surface area contributed by atoms with E-state index in [9.17, 15) is 9.18 Å². The van der Waals surface area contributed by atoms with Crippen molar-refractivity contribution in [2.24, 2.45) is 0 Å². The van der Waals surface area contributed by atoms with E-state index in [1.54, 1.807) is 16.8 Å². The first-order valence-corrected chi connectivity index (χ1v) is 8.27. The average molecular weight is 337 g/mol. The number of nitrogens with zero attached hydrogens (tertiary/aromatic N) is 4. The van der Waals surface area contributed by atoms with E-state index in [1.807, 2.05) is 20.8 Å². The predicted octanol–water partition coefficient (Wildman–Crippen LogP) is 2.02. The van der Waals surface area contributed by atoms with Crippen molar-refractivity contribution in [3.05, 3.63) is 35.6 Å². The zero-order valence-electron chi connectivity index (χ0n) is 13.4. The SMILES string of the molecule is CC(C)(C)n1nnnc1SCC(=O)NCCc1ccc(F)cc1. The van der Waals surface area contributed by atoms with Crippen molar-refractivity contribution in [3.63, 3.8) is 0 Å². The van der Waals surface area contributed by atoms with Gasteiger partial charge < -0.3 is 5.32 Å². The number of hydrogen-bond acceptors (Lipinski definition) is 5. The molecule has 0 radical (unpaired) electrons. The van der Waals surface area contributed by atoms with Crippen molar-refractivity contribution < 1.29 is 9.18 Å². The summed E-state index contributed by atoms with van der Waals surface area (Å²) in [4.78, 5) is 11.9. The van der Waals surface area contributed by atoms with Crippen molar-refractivity contribution in [1.82, 2.24) is 25.5 Å². The van der Waals surface area contributed by atoms with E-state index in [0.29, 0.717) is 18.1 Å². The predicted molar refractivity (Wildman–Crippen MR) is 86.7 cm³/mol. The van der Waals surface area contributed by atoms with Gasteiger partial charge in [-0.25, -0.2) is 9.07 Å². The summed E-state index contributed by atoms with van der Waals surface area (Å²) in [7, 11) is 0. The lowest BCUT2D eigenvalue weighted by Crippen LogP contribution is -2.28. The Kier molecular flexibility index (Phi) is 5.70. The van der Waals surface area contributed by atoms with Crippen molar-refractivity contribution in [3.8, 4) is 0 Å². The van der Waals surface area contributed by atoms with E-state index in [1.165, 1.54) is 23.9 Å². The van der Waals surface area contributed by atoms with Crippen LogP contribution in [0.25, 0.3) is 0 Å². The maximum Gasteiger partial charge on any atom is 0.230 e. The molecule has 0 saturated carbocycles. The van der Waals surface area contributed by atoms with Gasteiger partial charge in [-0.1, -0.05) is 23.9 Å². The summed E-state index contributed by atoms with van der Waals surface area (Å²) in [5.41, 5.74) is 0.751. The molecule has 1 aromatic heterocycles. The zero-order valence-corrected chi connectivity index (χ0v) is 14.2. The van der Waals surface area contributed by atoms with Gasteiger partial charge in [0, 0.05) is 6.54 Å². The number of amides is 1. The molecule has 124 valence electrons. The summed E-state index contributed by atoms with van der Waals surface area (Å²) in [5, 5.41) is 15.0. The lowest BCUT2D eigenvalue weighted by molar-refractivity contribution is -0.118. The highest BCUT2D eigenvalue weighted by atomic mass is 32.2. The Morgan fingerprint density at radius 2 is 2.00 bits per heavy atom. The van der Waals surface area contributed by atoms with Gasteiger partial charge in [-0.2, -0.15) is 0 Å². The molecule has 6 nitrogen and oxygen atoms in total. The van der Waals surface area contributed by atoms with E-state index in [0.717, 1.165) is 5.56 Å². The zero-order chi connectivity index (χ0) is 16.9. The van der Waals surface area contributed by atoms with E-state index in [4.69, 9.17) is 0 Å². The van der Waals surface area contributed by atoms with Crippen LogP contribution in [0.4, 0.5) is 4.39 Å². The number of rotatable bonds is 6. The second-order valence-electron chi connectivity index (χ2n) is 6.06. The Balaban J connectivity index is 1.75. The topological polar surface area (TPSA) is 72.7 Å². The minimum Gasteiger partial charge on any atom is -0.355 e. The summed E-state index contributed by atoms with van der Waals surface area (Å²) >= 11 is 1.30. The Morgan fingerprint density at radius 1 is 1.30 bits per heavy atom. The molecule has 0 atom stereocenters. The third-order valence-corrected chi connectivity index (χ3v) is 3.98. The smallest absolute Gasteiger partial charge is 0.230 e. The Bertz CT molecular complexity index is 651. The fourth-order valence-corrected chi connectivity index (χ4v) is 2.76. The Morgan fingerprint density at radius 3 is 2.65 bits per heavy atom. The normalized spacial score (nSPS) is 11.5. The molecule has 0 bridgehead atoms. The molecule has 2 aromatic rings. The first kappa shape index (κ1) is 17.4. The number of hydrogen-bond donors (Lipinski definition) is 1. The van der Waals surface area contributed by atoms with E-state index < -0.39 is 0 Å². The van der Waals surface area contributed by atoms with Crippen LogP contribution in [0.2, 0.25) is 0 Å². The molecule has 1 N–H and O–H groups in total. The van der Waals surface area contributed by atoms with Gasteiger partial charge in [-0.15, -0.1) is 5.10 Å². The van der Waals surface area contributed by atoms with Crippen LogP contribution in [-0.4, -0.2) is 38.4 Å². The quantitative estimate of drug-likeness (QED) is 0.817. The summed E-state index contributed by atoms with van der Waals surface area (Å²) in [6.07, 6.45) is 0.663. The number of nitrogens with one attached hydrogen (secondary N) is 1. The highest BCUT2D eigenvalue weighted by Gasteiger charge is 2.20. The lowest BCUT2D eigenvalue weighted by atomic mass is 10.1. The number of aromatic nitrogens is 4. The van der Waals surface area contributed by atoms with Gasteiger partial charge in [0.1, 0.15) is 5.82 Å². The number of carbonyl (C=O) groups is 1. The summed E-state index contributed by atoms with van der Waals surface area (Å²) in [6.45, 7) is 6.50. The Labute approximate surface area is 138 Å². The second kappa shape index (κ2) is 7.54. The Hall–Kier alpha value is -1.96. The van der Waals surface area contributed by atoms with Gasteiger partial charge in [-0.3, -0.25) is 4.79 Å². The van der Waals surface area contributed by atoms with Crippen LogP contribution in [-0.2, 0) is 16.8 Å². The number of halogens is 1. The second-order valence-corrected chi connectivity index (χ2v) is 7.00. The fourth-order valence-electron chi connectivity index (χ4n) is 1.87. The summed E-state index contributed by atoms with van der Waals surface area (Å²) in [6, 6.07) is 6.26. The molecular weight excluding hydrogens is 317 g/mol. The molecule has 0 saturated heterocycles. The highest BCUT2D eigenvalue weighted by Crippen LogP contribution is 2.20. The van der Waals surface area contributed by atoms with Crippen molar-refractivity contribution in [2.75, 3.05) is 12.3 Å². The summed E-state index contributed by atoms with van der Waals surface area (Å²) < 4.78 is 14.5. The van der Waals surface area contributed by atoms with Crippen LogP contribution in [0.5, 0.6) is 0 Å². The molecule has 8 heteroatoms. The van der Waals surface area contributed by atoms with Crippen LogP contribution in [0, 0.1) is 5.82 Å². The van der Waals surface area contributed by atoms with E-state index in [-0.39, 0.29) is 23.0 Å². The lowest BCUT2D eigenvalue weighted by Gasteiger charge is -2.19. The first-order valence-electron chi connectivity index (χ1n) is 7.29. The third-order valence-electron chi connectivity index (χ3n) is 3.06. The van der Waals surface area contributed by atoms with Crippen molar-refractivity contribution >= 4 is 17.7 Å². The average Bonchev–Trinajstić information content (AvgIpc) is 2.96. The molecule has 0 aliphatic heterocycles. The van der Waals surface area contributed by atoms with Gasteiger partial charge >= 0.3 is 0 Å². The molecule has 23 heavy (non-hydrogen) atoms. The maximum absolute atomic E-state index is 12.8. The van der Waals surface area contributed by atoms with Crippen LogP contribution in [0.1, 0.15) is 26.3 Å². The van der Waals surface area contributed by atoms with E-state index in [2.05, 4.69) is 20.8 Å². The molecule has 0 aliphatic rings. The number of tetrazole rings is 1. The van der Waals surface area contributed by atoms with Gasteiger partial charge in [0.05, 0.1) is 11.3 Å². The monoisotopic (exact) mass is 337 g/mol. The molecule has 0 spiro atoms. The minimum absolute atomic E-state index is 0.0828. The number of carbonyl (C=O) groups excluding carboxylic acids is 1. The van der Waals surface area contributed by atoms with Gasteiger partial charge in [0.15, 0.2) is 0 Å². The van der Waals surface area contributed by atoms with Crippen LogP contribution >= 0.6 is 11.8 Å². The van der Waals surface area contributed by atoms with E-state index >= 15 is 0 Å². The van der Waals surface area contributed by atoms with Crippen LogP contribution < -0.4 is 5.32 Å². The van der Waals surface area contributed by atoms with Crippen molar-refractivity contribution in [1.29, 1.82) is 0 Å². The largest absolute Gasteiger partial charge is 0.355 e. The van der Waals surface area contributed by atoms with Crippen LogP contribution in [0.15, 0.2) is 29.4 Å². The fraction of sp³-hybridized carbons (Fsp3) is 0.467. The van der Waals surface area contributed by atoms with Gasteiger partial charge in [0.2, 0.25) is 11.1 Å². The first-order chi connectivity index (χ1) is 10.9.